The molecule has 1 heterocycles. The summed E-state index contributed by atoms with van der Waals surface area (Å²) in [4.78, 5) is 24.3. The average molecular weight is 295 g/mol. The van der Waals surface area contributed by atoms with Gasteiger partial charge in [0.1, 0.15) is 11.1 Å². The standard InChI is InChI=1S/C18H17NO3/c1-3-11(2)19-17(20)15-10-14-13-7-5-4-6-12(13)8-9-16(14)22-18(15)21/h4-11H,3H2,1-2H3,(H,19,20)/t11-/m0/s1. The zero-order chi connectivity index (χ0) is 15.7. The second kappa shape index (κ2) is 5.64. The van der Waals surface area contributed by atoms with E-state index in [9.17, 15) is 9.59 Å². The number of amides is 1. The van der Waals surface area contributed by atoms with Crippen LogP contribution in [0.25, 0.3) is 21.7 Å². The Labute approximate surface area is 127 Å². The SMILES string of the molecule is CC[C@H](C)NC(=O)c1cc2c(ccc3ccccc32)oc1=O. The van der Waals surface area contributed by atoms with Gasteiger partial charge in [-0.05, 0) is 36.2 Å². The van der Waals surface area contributed by atoms with Gasteiger partial charge in [0.05, 0.1) is 0 Å². The molecule has 0 unspecified atom stereocenters. The lowest BCUT2D eigenvalue weighted by Gasteiger charge is -2.11. The normalized spacial score (nSPS) is 12.5. The Hall–Kier alpha value is -2.62. The summed E-state index contributed by atoms with van der Waals surface area (Å²) >= 11 is 0. The molecule has 1 atom stereocenters. The fourth-order valence-electron chi connectivity index (χ4n) is 2.43. The highest BCUT2D eigenvalue weighted by molar-refractivity contribution is 6.07. The van der Waals surface area contributed by atoms with Gasteiger partial charge >= 0.3 is 5.63 Å². The van der Waals surface area contributed by atoms with Crippen molar-refractivity contribution in [2.45, 2.75) is 26.3 Å². The quantitative estimate of drug-likeness (QED) is 0.594. The zero-order valence-corrected chi connectivity index (χ0v) is 12.6. The summed E-state index contributed by atoms with van der Waals surface area (Å²) in [6.45, 7) is 3.87. The number of fused-ring (bicyclic) bond motifs is 3. The van der Waals surface area contributed by atoms with Crippen molar-refractivity contribution in [2.24, 2.45) is 0 Å². The van der Waals surface area contributed by atoms with Gasteiger partial charge in [-0.1, -0.05) is 37.3 Å². The lowest BCUT2D eigenvalue weighted by Crippen LogP contribution is -2.34. The van der Waals surface area contributed by atoms with Crippen LogP contribution in [0.1, 0.15) is 30.6 Å². The molecule has 0 aliphatic carbocycles. The molecule has 0 saturated carbocycles. The molecule has 0 bridgehead atoms. The molecule has 3 rings (SSSR count). The predicted octanol–water partition coefficient (Wildman–Crippen LogP) is 3.47. The van der Waals surface area contributed by atoms with E-state index in [4.69, 9.17) is 4.42 Å². The summed E-state index contributed by atoms with van der Waals surface area (Å²) in [6.07, 6.45) is 0.799. The summed E-state index contributed by atoms with van der Waals surface area (Å²) < 4.78 is 5.32. The van der Waals surface area contributed by atoms with Crippen LogP contribution in [0.4, 0.5) is 0 Å². The first kappa shape index (κ1) is 14.3. The summed E-state index contributed by atoms with van der Waals surface area (Å²) in [5, 5.41) is 5.57. The van der Waals surface area contributed by atoms with Crippen LogP contribution in [-0.2, 0) is 0 Å². The minimum absolute atomic E-state index is 0.00937. The van der Waals surface area contributed by atoms with Crippen LogP contribution in [0.2, 0.25) is 0 Å². The predicted molar refractivity (Wildman–Crippen MR) is 87.2 cm³/mol. The van der Waals surface area contributed by atoms with E-state index in [1.165, 1.54) is 0 Å². The van der Waals surface area contributed by atoms with Crippen molar-refractivity contribution in [2.75, 3.05) is 0 Å². The van der Waals surface area contributed by atoms with E-state index in [1.54, 1.807) is 12.1 Å². The minimum atomic E-state index is -0.608. The molecule has 0 spiro atoms. The van der Waals surface area contributed by atoms with Gasteiger partial charge in [-0.2, -0.15) is 0 Å². The summed E-state index contributed by atoms with van der Waals surface area (Å²) in [5.74, 6) is -0.391. The number of carbonyl (C=O) groups is 1. The second-order valence-corrected chi connectivity index (χ2v) is 5.43. The largest absolute Gasteiger partial charge is 0.422 e. The Balaban J connectivity index is 2.19. The van der Waals surface area contributed by atoms with Gasteiger partial charge < -0.3 is 9.73 Å². The molecule has 1 N–H and O–H groups in total. The maximum atomic E-state index is 12.2. The van der Waals surface area contributed by atoms with E-state index in [0.717, 1.165) is 22.6 Å². The number of hydrogen-bond donors (Lipinski definition) is 1. The summed E-state index contributed by atoms with van der Waals surface area (Å²) in [7, 11) is 0. The van der Waals surface area contributed by atoms with E-state index in [2.05, 4.69) is 5.32 Å². The van der Waals surface area contributed by atoms with Crippen molar-refractivity contribution >= 4 is 27.6 Å². The average Bonchev–Trinajstić information content (AvgIpc) is 2.53. The molecule has 0 aliphatic heterocycles. The number of nitrogens with one attached hydrogen (secondary N) is 1. The van der Waals surface area contributed by atoms with Crippen LogP contribution >= 0.6 is 0 Å². The first-order valence-corrected chi connectivity index (χ1v) is 7.36. The molecule has 0 radical (unpaired) electrons. The summed E-state index contributed by atoms with van der Waals surface area (Å²) in [6, 6.07) is 13.1. The Bertz CT molecular complexity index is 911. The van der Waals surface area contributed by atoms with Gasteiger partial charge in [-0.25, -0.2) is 4.79 Å². The van der Waals surface area contributed by atoms with E-state index in [1.807, 2.05) is 44.2 Å². The smallest absolute Gasteiger partial charge is 0.349 e. The minimum Gasteiger partial charge on any atom is -0.422 e. The van der Waals surface area contributed by atoms with Gasteiger partial charge in [0, 0.05) is 11.4 Å². The van der Waals surface area contributed by atoms with E-state index < -0.39 is 11.5 Å². The highest BCUT2D eigenvalue weighted by Crippen LogP contribution is 2.24. The molecule has 1 aromatic heterocycles. The highest BCUT2D eigenvalue weighted by atomic mass is 16.4. The molecule has 2 aromatic carbocycles. The van der Waals surface area contributed by atoms with E-state index in [-0.39, 0.29) is 11.6 Å². The first-order valence-electron chi connectivity index (χ1n) is 7.36. The number of benzene rings is 2. The van der Waals surface area contributed by atoms with Crippen molar-refractivity contribution in [3.8, 4) is 0 Å². The second-order valence-electron chi connectivity index (χ2n) is 5.43. The van der Waals surface area contributed by atoms with Gasteiger partial charge in [0.2, 0.25) is 0 Å². The van der Waals surface area contributed by atoms with Crippen molar-refractivity contribution in [1.82, 2.24) is 5.32 Å². The van der Waals surface area contributed by atoms with Crippen LogP contribution in [-0.4, -0.2) is 11.9 Å². The third kappa shape index (κ3) is 2.48. The Kier molecular flexibility index (Phi) is 3.67. The van der Waals surface area contributed by atoms with Crippen molar-refractivity contribution in [1.29, 1.82) is 0 Å². The molecule has 22 heavy (non-hydrogen) atoms. The Morgan fingerprint density at radius 2 is 1.95 bits per heavy atom. The summed E-state index contributed by atoms with van der Waals surface area (Å²) in [5.41, 5.74) is -0.0727. The van der Waals surface area contributed by atoms with E-state index in [0.29, 0.717) is 5.58 Å². The van der Waals surface area contributed by atoms with E-state index >= 15 is 0 Å². The monoisotopic (exact) mass is 295 g/mol. The fourth-order valence-corrected chi connectivity index (χ4v) is 2.43. The van der Waals surface area contributed by atoms with Crippen molar-refractivity contribution in [3.05, 3.63) is 58.4 Å². The van der Waals surface area contributed by atoms with Crippen LogP contribution < -0.4 is 10.9 Å². The molecule has 1 amide bonds. The first-order chi connectivity index (χ1) is 10.6. The lowest BCUT2D eigenvalue weighted by molar-refractivity contribution is 0.0936. The van der Waals surface area contributed by atoms with Gasteiger partial charge in [0.15, 0.2) is 0 Å². The third-order valence-corrected chi connectivity index (χ3v) is 3.88. The number of carbonyl (C=O) groups excluding carboxylic acids is 1. The molecule has 4 nitrogen and oxygen atoms in total. The fraction of sp³-hybridized carbons (Fsp3) is 0.222. The van der Waals surface area contributed by atoms with Gasteiger partial charge in [0.25, 0.3) is 5.91 Å². The maximum Gasteiger partial charge on any atom is 0.349 e. The molecule has 4 heteroatoms. The molecule has 0 saturated heterocycles. The van der Waals surface area contributed by atoms with Gasteiger partial charge in [-0.3, -0.25) is 4.79 Å². The highest BCUT2D eigenvalue weighted by Gasteiger charge is 2.16. The molecule has 3 aromatic rings. The molecule has 112 valence electrons. The molecule has 0 aliphatic rings. The number of hydrogen-bond acceptors (Lipinski definition) is 3. The maximum absolute atomic E-state index is 12.2. The molecule has 0 fully saturated rings. The van der Waals surface area contributed by atoms with Crippen molar-refractivity contribution < 1.29 is 9.21 Å². The molecular formula is C18H17NO3. The van der Waals surface area contributed by atoms with Crippen LogP contribution in [0.15, 0.2) is 51.7 Å². The van der Waals surface area contributed by atoms with Crippen LogP contribution in [0.5, 0.6) is 0 Å². The zero-order valence-electron chi connectivity index (χ0n) is 12.6. The Morgan fingerprint density at radius 3 is 2.73 bits per heavy atom. The third-order valence-electron chi connectivity index (χ3n) is 3.88. The van der Waals surface area contributed by atoms with Gasteiger partial charge in [-0.15, -0.1) is 0 Å². The number of rotatable bonds is 3. The van der Waals surface area contributed by atoms with Crippen LogP contribution in [0.3, 0.4) is 0 Å². The van der Waals surface area contributed by atoms with Crippen LogP contribution in [0, 0.1) is 0 Å². The topological polar surface area (TPSA) is 59.3 Å². The Morgan fingerprint density at radius 1 is 1.18 bits per heavy atom. The molecular weight excluding hydrogens is 278 g/mol. The lowest BCUT2D eigenvalue weighted by atomic mass is 10.0. The van der Waals surface area contributed by atoms with Crippen molar-refractivity contribution in [3.63, 3.8) is 0 Å².